The zero-order chi connectivity index (χ0) is 28.0. The van der Waals surface area contributed by atoms with Crippen LogP contribution in [0.3, 0.4) is 0 Å². The van der Waals surface area contributed by atoms with Gasteiger partial charge in [-0.15, -0.1) is 0 Å². The standard InChI is InChI=1S/C30H40N6O3/c1-22-11-12-25(19-23(22)2)36-20-26(24-9-7-6-8-10-24)31-28(36)32-27(37)21-35(29(38)33-30(3,4)5)14-13-34-15-17-39-18-16-34/h6-12,19-20H,13-18,21H2,1-5H3,(H,33,38)(H,31,32,37). The third-order valence-electron chi connectivity index (χ3n) is 6.69. The molecule has 0 unspecified atom stereocenters. The zero-order valence-electron chi connectivity index (χ0n) is 23.7. The summed E-state index contributed by atoms with van der Waals surface area (Å²) in [5.41, 5.74) is 4.51. The van der Waals surface area contributed by atoms with Crippen LogP contribution in [0, 0.1) is 13.8 Å². The lowest BCUT2D eigenvalue weighted by Gasteiger charge is -2.31. The smallest absolute Gasteiger partial charge is 0.318 e. The van der Waals surface area contributed by atoms with Gasteiger partial charge in [0.05, 0.1) is 18.9 Å². The molecule has 9 heteroatoms. The third-order valence-corrected chi connectivity index (χ3v) is 6.69. The molecule has 3 amide bonds. The minimum atomic E-state index is -0.422. The Labute approximate surface area is 231 Å². The van der Waals surface area contributed by atoms with E-state index in [1.807, 2.05) is 67.9 Å². The lowest BCUT2D eigenvalue weighted by molar-refractivity contribution is -0.116. The SMILES string of the molecule is Cc1ccc(-n2cc(-c3ccccc3)nc2NC(=O)CN(CCN2CCOCC2)C(=O)NC(C)(C)C)cc1C. The van der Waals surface area contributed by atoms with Crippen molar-refractivity contribution in [1.82, 2.24) is 24.7 Å². The van der Waals surface area contributed by atoms with Gasteiger partial charge in [0.2, 0.25) is 11.9 Å². The summed E-state index contributed by atoms with van der Waals surface area (Å²) in [7, 11) is 0. The number of imidazole rings is 1. The molecular formula is C30H40N6O3. The number of carbonyl (C=O) groups excluding carboxylic acids is 2. The summed E-state index contributed by atoms with van der Waals surface area (Å²) < 4.78 is 7.33. The number of carbonyl (C=O) groups is 2. The maximum atomic E-state index is 13.4. The molecule has 1 aliphatic rings. The van der Waals surface area contributed by atoms with Crippen molar-refractivity contribution in [2.75, 3.05) is 51.3 Å². The van der Waals surface area contributed by atoms with Crippen molar-refractivity contribution >= 4 is 17.9 Å². The summed E-state index contributed by atoms with van der Waals surface area (Å²) in [6.45, 7) is 13.9. The van der Waals surface area contributed by atoms with E-state index >= 15 is 0 Å². The van der Waals surface area contributed by atoms with Crippen molar-refractivity contribution in [3.63, 3.8) is 0 Å². The number of rotatable bonds is 8. The topological polar surface area (TPSA) is 91.7 Å². The van der Waals surface area contributed by atoms with Gasteiger partial charge >= 0.3 is 6.03 Å². The van der Waals surface area contributed by atoms with E-state index in [9.17, 15) is 9.59 Å². The van der Waals surface area contributed by atoms with Crippen molar-refractivity contribution < 1.29 is 14.3 Å². The molecule has 9 nitrogen and oxygen atoms in total. The van der Waals surface area contributed by atoms with Gasteiger partial charge in [-0.1, -0.05) is 36.4 Å². The first-order chi connectivity index (χ1) is 18.6. The van der Waals surface area contributed by atoms with Gasteiger partial charge in [0.15, 0.2) is 0 Å². The molecule has 2 heterocycles. The van der Waals surface area contributed by atoms with Crippen molar-refractivity contribution in [3.8, 4) is 16.9 Å². The molecule has 3 aromatic rings. The highest BCUT2D eigenvalue weighted by Crippen LogP contribution is 2.25. The Morgan fingerprint density at radius 3 is 2.41 bits per heavy atom. The number of hydrogen-bond acceptors (Lipinski definition) is 5. The van der Waals surface area contributed by atoms with Crippen molar-refractivity contribution in [3.05, 3.63) is 65.9 Å². The van der Waals surface area contributed by atoms with Gasteiger partial charge in [-0.25, -0.2) is 9.78 Å². The van der Waals surface area contributed by atoms with E-state index in [2.05, 4.69) is 41.5 Å². The van der Waals surface area contributed by atoms with Gasteiger partial charge in [0.1, 0.15) is 6.54 Å². The van der Waals surface area contributed by atoms with Crippen LogP contribution in [0.4, 0.5) is 10.7 Å². The van der Waals surface area contributed by atoms with Crippen molar-refractivity contribution in [1.29, 1.82) is 0 Å². The predicted molar refractivity (Wildman–Crippen MR) is 154 cm³/mol. The molecule has 0 bridgehead atoms. The highest BCUT2D eigenvalue weighted by atomic mass is 16.5. The first-order valence-electron chi connectivity index (χ1n) is 13.5. The molecule has 1 saturated heterocycles. The highest BCUT2D eigenvalue weighted by molar-refractivity contribution is 5.93. The van der Waals surface area contributed by atoms with Gasteiger partial charge in [0, 0.05) is 49.2 Å². The van der Waals surface area contributed by atoms with Crippen LogP contribution < -0.4 is 10.6 Å². The zero-order valence-corrected chi connectivity index (χ0v) is 23.7. The second-order valence-corrected chi connectivity index (χ2v) is 11.1. The summed E-state index contributed by atoms with van der Waals surface area (Å²) in [5.74, 6) is 0.0998. The maximum Gasteiger partial charge on any atom is 0.318 e. The molecule has 0 atom stereocenters. The van der Waals surface area contributed by atoms with E-state index < -0.39 is 5.54 Å². The molecule has 2 aromatic carbocycles. The van der Waals surface area contributed by atoms with Gasteiger partial charge in [-0.3, -0.25) is 19.6 Å². The number of hydrogen-bond donors (Lipinski definition) is 2. The number of aromatic nitrogens is 2. The molecule has 2 N–H and O–H groups in total. The molecule has 0 radical (unpaired) electrons. The van der Waals surface area contributed by atoms with Crippen LogP contribution in [0.1, 0.15) is 31.9 Å². The fourth-order valence-corrected chi connectivity index (χ4v) is 4.37. The van der Waals surface area contributed by atoms with E-state index in [1.165, 1.54) is 5.56 Å². The van der Waals surface area contributed by atoms with Crippen LogP contribution in [0.2, 0.25) is 0 Å². The Balaban J connectivity index is 1.56. The summed E-state index contributed by atoms with van der Waals surface area (Å²) in [6, 6.07) is 15.7. The Bertz CT molecular complexity index is 1280. The minimum absolute atomic E-state index is 0.0906. The largest absolute Gasteiger partial charge is 0.379 e. The maximum absolute atomic E-state index is 13.4. The first-order valence-corrected chi connectivity index (χ1v) is 13.5. The molecule has 1 aliphatic heterocycles. The Kier molecular flexibility index (Phi) is 9.04. The Morgan fingerprint density at radius 1 is 1.03 bits per heavy atom. The summed E-state index contributed by atoms with van der Waals surface area (Å²) in [6.07, 6.45) is 1.93. The van der Waals surface area contributed by atoms with Crippen molar-refractivity contribution in [2.45, 2.75) is 40.2 Å². The van der Waals surface area contributed by atoms with Gasteiger partial charge in [0.25, 0.3) is 0 Å². The summed E-state index contributed by atoms with van der Waals surface area (Å²) in [4.78, 5) is 35.1. The first kappa shape index (κ1) is 28.3. The van der Waals surface area contributed by atoms with Crippen LogP contribution in [-0.2, 0) is 9.53 Å². The number of amides is 3. The van der Waals surface area contributed by atoms with E-state index in [-0.39, 0.29) is 18.5 Å². The number of aryl methyl sites for hydroxylation is 2. The normalized spacial score (nSPS) is 14.2. The fourth-order valence-electron chi connectivity index (χ4n) is 4.37. The predicted octanol–water partition coefficient (Wildman–Crippen LogP) is 4.24. The van der Waals surface area contributed by atoms with E-state index in [0.717, 1.165) is 35.6 Å². The average Bonchev–Trinajstić information content (AvgIpc) is 3.31. The molecule has 1 aromatic heterocycles. The lowest BCUT2D eigenvalue weighted by Crippen LogP contribution is -2.52. The van der Waals surface area contributed by atoms with Crippen LogP contribution in [0.25, 0.3) is 16.9 Å². The quantitative estimate of drug-likeness (QED) is 0.453. The van der Waals surface area contributed by atoms with Crippen molar-refractivity contribution in [2.24, 2.45) is 0 Å². The molecule has 0 aliphatic carbocycles. The molecule has 1 fully saturated rings. The monoisotopic (exact) mass is 532 g/mol. The number of nitrogens with zero attached hydrogens (tertiary/aromatic N) is 4. The van der Waals surface area contributed by atoms with Gasteiger partial charge in [-0.2, -0.15) is 0 Å². The summed E-state index contributed by atoms with van der Waals surface area (Å²) >= 11 is 0. The highest BCUT2D eigenvalue weighted by Gasteiger charge is 2.24. The summed E-state index contributed by atoms with van der Waals surface area (Å²) in [5, 5.41) is 5.97. The molecule has 0 saturated carbocycles. The Morgan fingerprint density at radius 2 is 1.74 bits per heavy atom. The minimum Gasteiger partial charge on any atom is -0.379 e. The number of morpholine rings is 1. The van der Waals surface area contributed by atoms with Gasteiger partial charge < -0.3 is 15.0 Å². The number of ether oxygens (including phenoxy) is 1. The lowest BCUT2D eigenvalue weighted by atomic mass is 10.1. The fraction of sp³-hybridized carbons (Fsp3) is 0.433. The average molecular weight is 533 g/mol. The third kappa shape index (κ3) is 7.91. The second kappa shape index (κ2) is 12.4. The van der Waals surface area contributed by atoms with E-state index in [0.29, 0.717) is 32.3 Å². The van der Waals surface area contributed by atoms with Gasteiger partial charge in [-0.05, 0) is 57.9 Å². The number of benzene rings is 2. The number of nitrogens with one attached hydrogen (secondary N) is 2. The Hall–Kier alpha value is -3.69. The van der Waals surface area contributed by atoms with Crippen LogP contribution in [0.15, 0.2) is 54.7 Å². The molecule has 4 rings (SSSR count). The number of anilines is 1. The van der Waals surface area contributed by atoms with Crippen LogP contribution >= 0.6 is 0 Å². The number of urea groups is 1. The molecule has 39 heavy (non-hydrogen) atoms. The molecule has 0 spiro atoms. The molecule has 208 valence electrons. The van der Waals surface area contributed by atoms with Crippen LogP contribution in [-0.4, -0.2) is 82.8 Å². The van der Waals surface area contributed by atoms with Crippen LogP contribution in [0.5, 0.6) is 0 Å². The second-order valence-electron chi connectivity index (χ2n) is 11.1. The van der Waals surface area contributed by atoms with E-state index in [4.69, 9.17) is 9.72 Å². The van der Waals surface area contributed by atoms with E-state index in [1.54, 1.807) is 4.90 Å². The molecular weight excluding hydrogens is 492 g/mol.